The van der Waals surface area contributed by atoms with Crippen LogP contribution < -0.4 is 10.6 Å². The van der Waals surface area contributed by atoms with Crippen LogP contribution in [0.1, 0.15) is 20.3 Å². The van der Waals surface area contributed by atoms with Crippen molar-refractivity contribution >= 4 is 6.03 Å². The first-order valence-electron chi connectivity index (χ1n) is 3.96. The molecule has 0 heterocycles. The minimum Gasteiger partial charge on any atom is -0.336 e. The summed E-state index contributed by atoms with van der Waals surface area (Å²) < 4.78 is 34.8. The third-order valence-corrected chi connectivity index (χ3v) is 1.44. The lowest BCUT2D eigenvalue weighted by Crippen LogP contribution is -2.44. The Labute approximate surface area is 74.7 Å². The van der Waals surface area contributed by atoms with Gasteiger partial charge in [-0.1, -0.05) is 6.92 Å². The molecule has 0 saturated carbocycles. The van der Waals surface area contributed by atoms with Crippen molar-refractivity contribution in [2.75, 3.05) is 6.54 Å². The fraction of sp³-hybridized carbons (Fsp3) is 0.857. The Balaban J connectivity index is 3.64. The van der Waals surface area contributed by atoms with Gasteiger partial charge in [-0.25, -0.2) is 4.79 Å². The van der Waals surface area contributed by atoms with Gasteiger partial charge in [0.1, 0.15) is 6.54 Å². The van der Waals surface area contributed by atoms with Crippen molar-refractivity contribution in [3.05, 3.63) is 0 Å². The van der Waals surface area contributed by atoms with Gasteiger partial charge in [0, 0.05) is 6.04 Å². The molecule has 0 aliphatic heterocycles. The monoisotopic (exact) mass is 198 g/mol. The normalized spacial score (nSPS) is 13.6. The molecule has 0 aromatic carbocycles. The highest BCUT2D eigenvalue weighted by atomic mass is 19.4. The largest absolute Gasteiger partial charge is 0.405 e. The molecule has 0 aromatic rings. The molecular formula is C7H13F3N2O. The van der Waals surface area contributed by atoms with E-state index in [9.17, 15) is 18.0 Å². The zero-order valence-corrected chi connectivity index (χ0v) is 7.53. The zero-order chi connectivity index (χ0) is 10.5. The molecule has 3 nitrogen and oxygen atoms in total. The van der Waals surface area contributed by atoms with E-state index in [4.69, 9.17) is 0 Å². The van der Waals surface area contributed by atoms with Crippen LogP contribution in [0.2, 0.25) is 0 Å². The Hall–Kier alpha value is -0.940. The van der Waals surface area contributed by atoms with Crippen LogP contribution in [0.25, 0.3) is 0 Å². The number of rotatable bonds is 3. The van der Waals surface area contributed by atoms with Crippen LogP contribution >= 0.6 is 0 Å². The molecule has 6 heteroatoms. The number of urea groups is 1. The van der Waals surface area contributed by atoms with Gasteiger partial charge in [0.15, 0.2) is 0 Å². The van der Waals surface area contributed by atoms with Crippen molar-refractivity contribution in [1.29, 1.82) is 0 Å². The summed E-state index contributed by atoms with van der Waals surface area (Å²) in [5, 5.41) is 4.06. The Kier molecular flexibility index (Phi) is 4.58. The number of nitrogens with one attached hydrogen (secondary N) is 2. The summed E-state index contributed by atoms with van der Waals surface area (Å²) in [5.74, 6) is 0. The van der Waals surface area contributed by atoms with Crippen LogP contribution in [-0.4, -0.2) is 24.8 Å². The predicted molar refractivity (Wildman–Crippen MR) is 42.3 cm³/mol. The standard InChI is InChI=1S/C7H13F3N2O/c1-3-5(2)12-6(13)11-4-7(8,9)10/h5H,3-4H2,1-2H3,(H2,11,12,13). The maximum Gasteiger partial charge on any atom is 0.405 e. The van der Waals surface area contributed by atoms with Crippen molar-refractivity contribution in [3.8, 4) is 0 Å². The van der Waals surface area contributed by atoms with E-state index < -0.39 is 18.8 Å². The molecule has 78 valence electrons. The average molecular weight is 198 g/mol. The molecule has 0 aliphatic rings. The molecule has 0 rings (SSSR count). The van der Waals surface area contributed by atoms with Gasteiger partial charge in [-0.2, -0.15) is 13.2 Å². The van der Waals surface area contributed by atoms with Crippen molar-refractivity contribution in [3.63, 3.8) is 0 Å². The highest BCUT2D eigenvalue weighted by Gasteiger charge is 2.27. The first-order chi connectivity index (χ1) is 5.85. The highest BCUT2D eigenvalue weighted by molar-refractivity contribution is 5.74. The molecule has 13 heavy (non-hydrogen) atoms. The van der Waals surface area contributed by atoms with Crippen LogP contribution in [0, 0.1) is 0 Å². The van der Waals surface area contributed by atoms with Gasteiger partial charge in [-0.3, -0.25) is 0 Å². The number of hydrogen-bond donors (Lipinski definition) is 2. The summed E-state index contributed by atoms with van der Waals surface area (Å²) in [7, 11) is 0. The lowest BCUT2D eigenvalue weighted by molar-refractivity contribution is -0.122. The highest BCUT2D eigenvalue weighted by Crippen LogP contribution is 2.11. The molecule has 0 saturated heterocycles. The van der Waals surface area contributed by atoms with Crippen LogP contribution in [0.15, 0.2) is 0 Å². The topological polar surface area (TPSA) is 41.1 Å². The summed E-state index contributed by atoms with van der Waals surface area (Å²) in [6, 6.07) is -0.903. The molecule has 2 amide bonds. The Morgan fingerprint density at radius 2 is 2.00 bits per heavy atom. The molecule has 0 spiro atoms. The van der Waals surface area contributed by atoms with Gasteiger partial charge in [-0.15, -0.1) is 0 Å². The summed E-state index contributed by atoms with van der Waals surface area (Å²) in [6.45, 7) is 2.25. The summed E-state index contributed by atoms with van der Waals surface area (Å²) in [6.07, 6.45) is -3.67. The number of carbonyl (C=O) groups excluding carboxylic acids is 1. The summed E-state index contributed by atoms with van der Waals surface area (Å²) in [4.78, 5) is 10.7. The maximum atomic E-state index is 11.6. The molecule has 0 aromatic heterocycles. The van der Waals surface area contributed by atoms with Crippen molar-refractivity contribution in [1.82, 2.24) is 10.6 Å². The van der Waals surface area contributed by atoms with E-state index in [1.807, 2.05) is 6.92 Å². The van der Waals surface area contributed by atoms with E-state index in [2.05, 4.69) is 5.32 Å². The number of halogens is 3. The fourth-order valence-corrected chi connectivity index (χ4v) is 0.557. The van der Waals surface area contributed by atoms with Crippen molar-refractivity contribution in [2.24, 2.45) is 0 Å². The molecule has 0 fully saturated rings. The first-order valence-corrected chi connectivity index (χ1v) is 3.96. The van der Waals surface area contributed by atoms with Gasteiger partial charge in [0.25, 0.3) is 0 Å². The molecule has 2 N–H and O–H groups in total. The lowest BCUT2D eigenvalue weighted by Gasteiger charge is -2.13. The Morgan fingerprint density at radius 3 is 2.38 bits per heavy atom. The van der Waals surface area contributed by atoms with Gasteiger partial charge in [0.05, 0.1) is 0 Å². The number of hydrogen-bond acceptors (Lipinski definition) is 1. The van der Waals surface area contributed by atoms with Crippen LogP contribution in [0.5, 0.6) is 0 Å². The average Bonchev–Trinajstić information content (AvgIpc) is 1.99. The molecule has 0 bridgehead atoms. The Bertz CT molecular complexity index is 170. The van der Waals surface area contributed by atoms with Crippen molar-refractivity contribution < 1.29 is 18.0 Å². The van der Waals surface area contributed by atoms with E-state index in [0.29, 0.717) is 6.42 Å². The minimum absolute atomic E-state index is 0.117. The van der Waals surface area contributed by atoms with Crippen molar-refractivity contribution in [2.45, 2.75) is 32.5 Å². The SMILES string of the molecule is CCC(C)NC(=O)NCC(F)(F)F. The predicted octanol–water partition coefficient (Wildman–Crippen LogP) is 1.65. The summed E-state index contributed by atoms with van der Waals surface area (Å²) >= 11 is 0. The van der Waals surface area contributed by atoms with Gasteiger partial charge in [0.2, 0.25) is 0 Å². The molecule has 0 radical (unpaired) electrons. The number of carbonyl (C=O) groups is 1. The molecule has 1 unspecified atom stereocenters. The number of amides is 2. The van der Waals surface area contributed by atoms with E-state index >= 15 is 0 Å². The smallest absolute Gasteiger partial charge is 0.336 e. The quantitative estimate of drug-likeness (QED) is 0.711. The van der Waals surface area contributed by atoms with Crippen LogP contribution in [-0.2, 0) is 0 Å². The molecular weight excluding hydrogens is 185 g/mol. The Morgan fingerprint density at radius 1 is 1.46 bits per heavy atom. The second-order valence-electron chi connectivity index (χ2n) is 2.75. The zero-order valence-electron chi connectivity index (χ0n) is 7.53. The second kappa shape index (κ2) is 4.94. The lowest BCUT2D eigenvalue weighted by atomic mass is 10.3. The molecule has 1 atom stereocenters. The first kappa shape index (κ1) is 12.1. The third kappa shape index (κ3) is 7.42. The third-order valence-electron chi connectivity index (χ3n) is 1.44. The fourth-order valence-electron chi connectivity index (χ4n) is 0.557. The van der Waals surface area contributed by atoms with Gasteiger partial charge >= 0.3 is 12.2 Å². The van der Waals surface area contributed by atoms with E-state index in [1.165, 1.54) is 0 Å². The van der Waals surface area contributed by atoms with Crippen LogP contribution in [0.3, 0.4) is 0 Å². The van der Waals surface area contributed by atoms with E-state index in [-0.39, 0.29) is 6.04 Å². The van der Waals surface area contributed by atoms with Gasteiger partial charge < -0.3 is 10.6 Å². The van der Waals surface area contributed by atoms with Crippen LogP contribution in [0.4, 0.5) is 18.0 Å². The number of alkyl halides is 3. The van der Waals surface area contributed by atoms with E-state index in [1.54, 1.807) is 12.2 Å². The van der Waals surface area contributed by atoms with Gasteiger partial charge in [-0.05, 0) is 13.3 Å². The summed E-state index contributed by atoms with van der Waals surface area (Å²) in [5.41, 5.74) is 0. The minimum atomic E-state index is -4.35. The van der Waals surface area contributed by atoms with E-state index in [0.717, 1.165) is 0 Å². The molecule has 0 aliphatic carbocycles. The maximum absolute atomic E-state index is 11.6. The second-order valence-corrected chi connectivity index (χ2v) is 2.75.